The van der Waals surface area contributed by atoms with Gasteiger partial charge in [0.05, 0.1) is 17.6 Å². The highest BCUT2D eigenvalue weighted by Crippen LogP contribution is 2.19. The Morgan fingerprint density at radius 1 is 1.04 bits per heavy atom. The number of unbranched alkanes of at least 4 members (excludes halogenated alkanes) is 1. The van der Waals surface area contributed by atoms with Crippen molar-refractivity contribution in [2.75, 3.05) is 31.5 Å². The normalized spacial score (nSPS) is 14.7. The lowest BCUT2D eigenvalue weighted by atomic mass is 10.1. The molecule has 2 aromatic heterocycles. The number of piperidine rings is 1. The topological polar surface area (TPSA) is 70.2 Å². The molecule has 0 saturated carbocycles. The molecule has 0 aromatic carbocycles. The number of rotatable bonds is 7. The number of anilines is 1. The van der Waals surface area contributed by atoms with E-state index in [1.54, 1.807) is 18.5 Å². The average molecular weight is 388 g/mol. The molecular formula is C20H26ClN5O. The number of carbonyl (C=O) groups excluding carboxylic acids is 1. The van der Waals surface area contributed by atoms with Crippen molar-refractivity contribution in [2.45, 2.75) is 32.1 Å². The minimum Gasteiger partial charge on any atom is -0.338 e. The summed E-state index contributed by atoms with van der Waals surface area (Å²) >= 11 is 5.79. The molecule has 27 heavy (non-hydrogen) atoms. The van der Waals surface area contributed by atoms with Crippen molar-refractivity contribution in [2.24, 2.45) is 0 Å². The van der Waals surface area contributed by atoms with Gasteiger partial charge in [0.2, 0.25) is 0 Å². The summed E-state index contributed by atoms with van der Waals surface area (Å²) in [4.78, 5) is 22.9. The van der Waals surface area contributed by atoms with Crippen molar-refractivity contribution >= 4 is 23.3 Å². The fourth-order valence-corrected chi connectivity index (χ4v) is 3.30. The van der Waals surface area contributed by atoms with Crippen molar-refractivity contribution in [3.05, 3.63) is 41.8 Å². The summed E-state index contributed by atoms with van der Waals surface area (Å²) in [6.07, 6.45) is 9.43. The molecule has 3 heterocycles. The second-order valence-corrected chi connectivity index (χ2v) is 7.18. The van der Waals surface area contributed by atoms with Crippen molar-refractivity contribution in [3.8, 4) is 11.3 Å². The number of halogens is 1. The predicted octanol–water partition coefficient (Wildman–Crippen LogP) is 4.18. The number of nitrogens with one attached hydrogen (secondary N) is 2. The molecule has 2 aromatic rings. The summed E-state index contributed by atoms with van der Waals surface area (Å²) in [7, 11) is 0. The zero-order valence-corrected chi connectivity index (χ0v) is 16.2. The molecular weight excluding hydrogens is 362 g/mol. The van der Waals surface area contributed by atoms with Crippen LogP contribution in [0.4, 0.5) is 10.5 Å². The maximum absolute atomic E-state index is 12.0. The second kappa shape index (κ2) is 10.2. The van der Waals surface area contributed by atoms with Gasteiger partial charge in [0.15, 0.2) is 0 Å². The molecule has 3 rings (SSSR count). The number of pyridine rings is 2. The highest BCUT2D eigenvalue weighted by Gasteiger charge is 2.09. The first-order valence-corrected chi connectivity index (χ1v) is 9.94. The van der Waals surface area contributed by atoms with Gasteiger partial charge in [-0.15, -0.1) is 0 Å². The fraction of sp³-hybridized carbons (Fsp3) is 0.450. The Labute approximate surface area is 165 Å². The Bertz CT molecular complexity index is 714. The quantitative estimate of drug-likeness (QED) is 0.552. The lowest BCUT2D eigenvalue weighted by Crippen LogP contribution is -2.32. The van der Waals surface area contributed by atoms with Crippen LogP contribution in [0.5, 0.6) is 0 Å². The first-order valence-electron chi connectivity index (χ1n) is 9.56. The zero-order valence-electron chi connectivity index (χ0n) is 15.5. The summed E-state index contributed by atoms with van der Waals surface area (Å²) in [6, 6.07) is 7.06. The van der Waals surface area contributed by atoms with Crippen molar-refractivity contribution in [1.29, 1.82) is 0 Å². The van der Waals surface area contributed by atoms with E-state index in [2.05, 4.69) is 25.5 Å². The summed E-state index contributed by atoms with van der Waals surface area (Å²) in [5, 5.41) is 6.16. The number of urea groups is 1. The molecule has 2 N–H and O–H groups in total. The van der Waals surface area contributed by atoms with Crippen LogP contribution in [0.1, 0.15) is 32.1 Å². The van der Waals surface area contributed by atoms with E-state index in [9.17, 15) is 4.79 Å². The largest absolute Gasteiger partial charge is 0.338 e. The Balaban J connectivity index is 1.35. The molecule has 0 radical (unpaired) electrons. The lowest BCUT2D eigenvalue weighted by Gasteiger charge is -2.26. The monoisotopic (exact) mass is 387 g/mol. The maximum atomic E-state index is 12.0. The van der Waals surface area contributed by atoms with Gasteiger partial charge in [-0.2, -0.15) is 0 Å². The van der Waals surface area contributed by atoms with Crippen molar-refractivity contribution in [1.82, 2.24) is 20.2 Å². The minimum atomic E-state index is -0.198. The Hall–Kier alpha value is -2.18. The molecule has 0 unspecified atom stereocenters. The maximum Gasteiger partial charge on any atom is 0.319 e. The Kier molecular flexibility index (Phi) is 7.42. The number of amides is 2. The highest BCUT2D eigenvalue weighted by atomic mass is 35.5. The van der Waals surface area contributed by atoms with Gasteiger partial charge < -0.3 is 15.5 Å². The van der Waals surface area contributed by atoms with E-state index in [0.29, 0.717) is 17.4 Å². The highest BCUT2D eigenvalue weighted by molar-refractivity contribution is 6.29. The van der Waals surface area contributed by atoms with E-state index in [0.717, 1.165) is 30.6 Å². The number of likely N-dealkylation sites (tertiary alicyclic amines) is 1. The standard InChI is InChI=1S/C20H26ClN5O/c21-19-9-6-16(14-24-19)18-8-7-17(15-23-18)25-20(27)22-10-2-5-13-26-11-3-1-4-12-26/h6-9,14-15H,1-5,10-13H2,(H2,22,25,27). The molecule has 144 valence electrons. The van der Waals surface area contributed by atoms with Gasteiger partial charge in [0.1, 0.15) is 5.15 Å². The first-order chi connectivity index (χ1) is 13.2. The molecule has 0 atom stereocenters. The number of hydrogen-bond donors (Lipinski definition) is 2. The zero-order chi connectivity index (χ0) is 18.9. The lowest BCUT2D eigenvalue weighted by molar-refractivity contribution is 0.224. The number of carbonyl (C=O) groups is 1. The van der Waals surface area contributed by atoms with Crippen LogP contribution in [-0.2, 0) is 0 Å². The van der Waals surface area contributed by atoms with Crippen LogP contribution in [0.3, 0.4) is 0 Å². The van der Waals surface area contributed by atoms with Crippen LogP contribution >= 0.6 is 11.6 Å². The predicted molar refractivity (Wildman–Crippen MR) is 109 cm³/mol. The van der Waals surface area contributed by atoms with E-state index >= 15 is 0 Å². The third kappa shape index (κ3) is 6.48. The van der Waals surface area contributed by atoms with E-state index in [1.165, 1.54) is 32.4 Å². The second-order valence-electron chi connectivity index (χ2n) is 6.79. The van der Waals surface area contributed by atoms with Gasteiger partial charge in [-0.25, -0.2) is 9.78 Å². The molecule has 2 amide bonds. The summed E-state index contributed by atoms with van der Waals surface area (Å²) in [5.74, 6) is 0. The number of hydrogen-bond acceptors (Lipinski definition) is 4. The minimum absolute atomic E-state index is 0.198. The third-order valence-electron chi connectivity index (χ3n) is 4.68. The molecule has 1 saturated heterocycles. The van der Waals surface area contributed by atoms with Crippen molar-refractivity contribution < 1.29 is 4.79 Å². The van der Waals surface area contributed by atoms with Gasteiger partial charge in [0.25, 0.3) is 0 Å². The summed E-state index contributed by atoms with van der Waals surface area (Å²) in [5.41, 5.74) is 2.32. The van der Waals surface area contributed by atoms with Crippen LogP contribution in [0.2, 0.25) is 5.15 Å². The van der Waals surface area contributed by atoms with Gasteiger partial charge in [-0.05, 0) is 69.6 Å². The molecule has 1 aliphatic rings. The van der Waals surface area contributed by atoms with Gasteiger partial charge in [0, 0.05) is 18.3 Å². The number of aromatic nitrogens is 2. The molecule has 1 aliphatic heterocycles. The SMILES string of the molecule is O=C(NCCCCN1CCCCC1)Nc1ccc(-c2ccc(Cl)nc2)nc1. The smallest absolute Gasteiger partial charge is 0.319 e. The molecule has 6 nitrogen and oxygen atoms in total. The average Bonchev–Trinajstić information content (AvgIpc) is 2.70. The van der Waals surface area contributed by atoms with Gasteiger partial charge in [-0.3, -0.25) is 4.98 Å². The van der Waals surface area contributed by atoms with Crippen molar-refractivity contribution in [3.63, 3.8) is 0 Å². The van der Waals surface area contributed by atoms with Crippen LogP contribution < -0.4 is 10.6 Å². The molecule has 1 fully saturated rings. The van der Waals surface area contributed by atoms with Crippen LogP contribution in [0.15, 0.2) is 36.7 Å². The van der Waals surface area contributed by atoms with Crippen LogP contribution in [0.25, 0.3) is 11.3 Å². The Morgan fingerprint density at radius 2 is 1.89 bits per heavy atom. The first kappa shape index (κ1) is 19.6. The van der Waals surface area contributed by atoms with Crippen LogP contribution in [0, 0.1) is 0 Å². The van der Waals surface area contributed by atoms with E-state index < -0.39 is 0 Å². The molecule has 0 aliphatic carbocycles. The van der Waals surface area contributed by atoms with Gasteiger partial charge >= 0.3 is 6.03 Å². The summed E-state index contributed by atoms with van der Waals surface area (Å²) < 4.78 is 0. The van der Waals surface area contributed by atoms with Gasteiger partial charge in [-0.1, -0.05) is 18.0 Å². The van der Waals surface area contributed by atoms with Crippen LogP contribution in [-0.4, -0.2) is 47.1 Å². The van der Waals surface area contributed by atoms with E-state index in [4.69, 9.17) is 11.6 Å². The fourth-order valence-electron chi connectivity index (χ4n) is 3.19. The van der Waals surface area contributed by atoms with E-state index in [1.807, 2.05) is 18.2 Å². The van der Waals surface area contributed by atoms with E-state index in [-0.39, 0.29) is 6.03 Å². The number of nitrogens with zero attached hydrogens (tertiary/aromatic N) is 3. The molecule has 7 heteroatoms. The Morgan fingerprint density at radius 3 is 2.59 bits per heavy atom. The molecule has 0 bridgehead atoms. The summed E-state index contributed by atoms with van der Waals surface area (Å²) in [6.45, 7) is 4.27. The third-order valence-corrected chi connectivity index (χ3v) is 4.90. The molecule has 0 spiro atoms.